The van der Waals surface area contributed by atoms with Crippen molar-refractivity contribution in [2.45, 2.75) is 18.4 Å². The second kappa shape index (κ2) is 12.8. The molecule has 4 heterocycles. The van der Waals surface area contributed by atoms with Gasteiger partial charge in [0.15, 0.2) is 0 Å². The number of rotatable bonds is 10. The summed E-state index contributed by atoms with van der Waals surface area (Å²) < 4.78 is 31.3. The van der Waals surface area contributed by atoms with Gasteiger partial charge in [-0.1, -0.05) is 29.3 Å². The lowest BCUT2D eigenvalue weighted by Crippen LogP contribution is -2.46. The third kappa shape index (κ3) is 6.59. The summed E-state index contributed by atoms with van der Waals surface area (Å²) in [5.74, 6) is 0.928. The smallest absolute Gasteiger partial charge is 0.321 e. The Hall–Kier alpha value is -3.77. The Balaban J connectivity index is 1.05. The molecule has 11 nitrogen and oxygen atoms in total. The highest BCUT2D eigenvalue weighted by Gasteiger charge is 2.45. The fraction of sp³-hybridized carbons (Fsp3) is 0.367. The fourth-order valence-electron chi connectivity index (χ4n) is 5.26. The van der Waals surface area contributed by atoms with Gasteiger partial charge in [-0.25, -0.2) is 4.98 Å². The molecule has 2 aliphatic heterocycles. The monoisotopic (exact) mass is 626 g/mol. The molecule has 4 aromatic rings. The molecule has 2 saturated heterocycles. The Morgan fingerprint density at radius 1 is 0.953 bits per heavy atom. The van der Waals surface area contributed by atoms with Gasteiger partial charge in [-0.15, -0.1) is 0 Å². The molecular weight excluding hydrogens is 595 g/mol. The lowest BCUT2D eigenvalue weighted by atomic mass is 10.1. The largest absolute Gasteiger partial charge is 0.491 e. The predicted octanol–water partition coefficient (Wildman–Crippen LogP) is 4.67. The predicted molar refractivity (Wildman–Crippen MR) is 163 cm³/mol. The molecule has 0 amide bonds. The van der Waals surface area contributed by atoms with Crippen LogP contribution in [0.5, 0.6) is 17.6 Å². The van der Waals surface area contributed by atoms with Crippen LogP contribution in [0.1, 0.15) is 5.56 Å². The van der Waals surface area contributed by atoms with Crippen molar-refractivity contribution in [3.63, 3.8) is 0 Å². The van der Waals surface area contributed by atoms with Crippen LogP contribution in [-0.4, -0.2) is 79.2 Å². The van der Waals surface area contributed by atoms with Gasteiger partial charge < -0.3 is 38.1 Å². The van der Waals surface area contributed by atoms with E-state index >= 15 is 0 Å². The molecule has 0 N–H and O–H groups in total. The van der Waals surface area contributed by atoms with Crippen LogP contribution in [-0.2, 0) is 21.8 Å². The van der Waals surface area contributed by atoms with E-state index in [0.29, 0.717) is 47.3 Å². The normalized spacial score (nSPS) is 20.3. The maximum Gasteiger partial charge on any atom is 0.321 e. The highest BCUT2D eigenvalue weighted by atomic mass is 35.5. The first-order chi connectivity index (χ1) is 20.9. The molecule has 226 valence electrons. The van der Waals surface area contributed by atoms with Gasteiger partial charge >= 0.3 is 6.01 Å². The Morgan fingerprint density at radius 3 is 2.44 bits per heavy atom. The van der Waals surface area contributed by atoms with Crippen LogP contribution >= 0.6 is 23.2 Å². The summed E-state index contributed by atoms with van der Waals surface area (Å²) in [5, 5.41) is 1.02. The number of hydrogen-bond donors (Lipinski definition) is 0. The second-order valence-corrected chi connectivity index (χ2v) is 11.0. The minimum atomic E-state index is -1.09. The van der Waals surface area contributed by atoms with Crippen molar-refractivity contribution in [2.24, 2.45) is 0 Å². The molecule has 0 bridgehead atoms. The van der Waals surface area contributed by atoms with E-state index < -0.39 is 5.79 Å². The molecule has 2 aromatic carbocycles. The van der Waals surface area contributed by atoms with Gasteiger partial charge in [0.25, 0.3) is 0 Å². The van der Waals surface area contributed by atoms with E-state index in [4.69, 9.17) is 46.9 Å². The lowest BCUT2D eigenvalue weighted by molar-refractivity contribution is -0.189. The van der Waals surface area contributed by atoms with Crippen LogP contribution in [0, 0.1) is 0 Å². The highest BCUT2D eigenvalue weighted by molar-refractivity contribution is 6.35. The number of methoxy groups -OCH3 is 2. The van der Waals surface area contributed by atoms with Crippen molar-refractivity contribution in [1.29, 1.82) is 0 Å². The zero-order chi connectivity index (χ0) is 29.8. The number of hydrogen-bond acceptors (Lipinski definition) is 10. The quantitative estimate of drug-likeness (QED) is 0.247. The molecule has 0 unspecified atom stereocenters. The zero-order valence-electron chi connectivity index (χ0n) is 23.9. The number of aromatic nitrogens is 4. The Morgan fingerprint density at radius 2 is 1.74 bits per heavy atom. The average molecular weight is 628 g/mol. The average Bonchev–Trinajstić information content (AvgIpc) is 3.70. The van der Waals surface area contributed by atoms with E-state index in [1.54, 1.807) is 38.9 Å². The first kappa shape index (κ1) is 29.3. The summed E-state index contributed by atoms with van der Waals surface area (Å²) in [7, 11) is 3.13. The topological polar surface area (TPSA) is 96.2 Å². The van der Waals surface area contributed by atoms with Gasteiger partial charge in [-0.2, -0.15) is 9.97 Å². The summed E-state index contributed by atoms with van der Waals surface area (Å²) in [6, 6.07) is 15.5. The summed E-state index contributed by atoms with van der Waals surface area (Å²) in [4.78, 5) is 17.4. The number of nitrogens with zero attached hydrogens (tertiary/aromatic N) is 6. The summed E-state index contributed by atoms with van der Waals surface area (Å²) in [6.07, 6.45) is 4.98. The maximum atomic E-state index is 6.58. The number of halogens is 2. The molecule has 13 heteroatoms. The van der Waals surface area contributed by atoms with Crippen molar-refractivity contribution in [3.05, 3.63) is 82.9 Å². The first-order valence-electron chi connectivity index (χ1n) is 13.9. The highest BCUT2D eigenvalue weighted by Crippen LogP contribution is 2.40. The van der Waals surface area contributed by atoms with Crippen molar-refractivity contribution in [1.82, 2.24) is 19.5 Å². The molecule has 2 fully saturated rings. The Labute approximate surface area is 259 Å². The third-order valence-electron chi connectivity index (χ3n) is 7.45. The fourth-order valence-corrected chi connectivity index (χ4v) is 5.81. The lowest BCUT2D eigenvalue weighted by Gasteiger charge is -2.36. The molecule has 0 saturated carbocycles. The maximum absolute atomic E-state index is 6.58. The molecular formula is C30H32Cl2N6O5. The molecule has 6 rings (SSSR count). The van der Waals surface area contributed by atoms with Crippen LogP contribution in [0.15, 0.2) is 67.3 Å². The number of ether oxygens (including phenoxy) is 5. The van der Waals surface area contributed by atoms with Crippen molar-refractivity contribution in [3.8, 4) is 17.6 Å². The van der Waals surface area contributed by atoms with Crippen molar-refractivity contribution in [2.75, 3.05) is 63.4 Å². The molecule has 0 radical (unpaired) electrons. The SMILES string of the molecule is COc1cc(N2CCN(c3ccc(OC[C@@H]4CO[C@@](Cn5ccnc5)(c5ccc(Cl)cc5Cl)O4)cc3)CC2)nc(OC)n1. The van der Waals surface area contributed by atoms with Crippen LogP contribution < -0.4 is 24.0 Å². The van der Waals surface area contributed by atoms with Crippen molar-refractivity contribution >= 4 is 34.7 Å². The third-order valence-corrected chi connectivity index (χ3v) is 8.00. The second-order valence-electron chi connectivity index (χ2n) is 10.2. The van der Waals surface area contributed by atoms with E-state index in [9.17, 15) is 0 Å². The number of piperazine rings is 1. The van der Waals surface area contributed by atoms with Crippen LogP contribution in [0.3, 0.4) is 0 Å². The molecule has 0 aliphatic carbocycles. The standard InChI is InChI=1S/C30H32Cl2N6O5/c1-39-28-16-27(34-29(35-28)40-2)38-13-11-37(12-14-38)22-4-6-23(7-5-22)41-17-24-18-42-30(43-24,19-36-10-9-33-20-36)25-8-3-21(31)15-26(25)32/h3-10,15-16,20,24H,11-14,17-19H2,1-2H3/t24-,30-/m1/s1. The minimum Gasteiger partial charge on any atom is -0.491 e. The van der Waals surface area contributed by atoms with E-state index in [2.05, 4.69) is 36.9 Å². The number of benzene rings is 2. The molecule has 2 aliphatic rings. The molecule has 43 heavy (non-hydrogen) atoms. The van der Waals surface area contributed by atoms with Crippen LogP contribution in [0.25, 0.3) is 0 Å². The summed E-state index contributed by atoms with van der Waals surface area (Å²) in [5.41, 5.74) is 1.83. The van der Waals surface area contributed by atoms with E-state index in [-0.39, 0.29) is 6.10 Å². The van der Waals surface area contributed by atoms with Crippen molar-refractivity contribution < 1.29 is 23.7 Å². The number of imidazole rings is 1. The van der Waals surface area contributed by atoms with Gasteiger partial charge in [0, 0.05) is 60.9 Å². The van der Waals surface area contributed by atoms with Crippen LogP contribution in [0.2, 0.25) is 10.0 Å². The summed E-state index contributed by atoms with van der Waals surface area (Å²) >= 11 is 12.7. The first-order valence-corrected chi connectivity index (χ1v) is 14.6. The van der Waals surface area contributed by atoms with Gasteiger partial charge in [0.2, 0.25) is 11.7 Å². The number of anilines is 2. The molecule has 0 spiro atoms. The van der Waals surface area contributed by atoms with Gasteiger partial charge in [-0.05, 0) is 36.4 Å². The zero-order valence-corrected chi connectivity index (χ0v) is 25.4. The van der Waals surface area contributed by atoms with Gasteiger partial charge in [-0.3, -0.25) is 0 Å². The summed E-state index contributed by atoms with van der Waals surface area (Å²) in [6.45, 7) is 4.34. The van der Waals surface area contributed by atoms with E-state index in [1.807, 2.05) is 35.0 Å². The Kier molecular flexibility index (Phi) is 8.75. The van der Waals surface area contributed by atoms with Gasteiger partial charge in [0.1, 0.15) is 24.3 Å². The van der Waals surface area contributed by atoms with Gasteiger partial charge in [0.05, 0.1) is 38.7 Å². The van der Waals surface area contributed by atoms with Crippen LogP contribution in [0.4, 0.5) is 11.5 Å². The Bertz CT molecular complexity index is 1500. The molecule has 2 atom stereocenters. The minimum absolute atomic E-state index is 0.291. The molecule has 2 aromatic heterocycles. The van der Waals surface area contributed by atoms with E-state index in [1.165, 1.54) is 0 Å². The van der Waals surface area contributed by atoms with E-state index in [0.717, 1.165) is 43.4 Å².